The van der Waals surface area contributed by atoms with Gasteiger partial charge in [-0.25, -0.2) is 0 Å². The number of aliphatic hydroxyl groups is 7. The molecule has 2 fully saturated rings. The number of aromatic hydroxyl groups is 2. The van der Waals surface area contributed by atoms with Crippen molar-refractivity contribution in [2.24, 2.45) is 0 Å². The summed E-state index contributed by atoms with van der Waals surface area (Å²) in [7, 11) is 0. The minimum atomic E-state index is -1.73. The zero-order valence-electron chi connectivity index (χ0n) is 21.0. The van der Waals surface area contributed by atoms with Gasteiger partial charge >= 0.3 is 0 Å². The Balaban J connectivity index is 1.45. The Morgan fingerprint density at radius 2 is 1.54 bits per heavy atom. The lowest BCUT2D eigenvalue weighted by Crippen LogP contribution is -2.60. The molecule has 2 aliphatic heterocycles. The molecule has 2 saturated heterocycles. The predicted octanol–water partition coefficient (Wildman–Crippen LogP) is -2.13. The van der Waals surface area contributed by atoms with Crippen LogP contribution in [0.2, 0.25) is 0 Å². The van der Waals surface area contributed by atoms with Crippen molar-refractivity contribution in [3.05, 3.63) is 46.6 Å². The molecular weight excluding hydrogens is 552 g/mol. The summed E-state index contributed by atoms with van der Waals surface area (Å²) in [5.41, 5.74) is -0.606. The highest BCUT2D eigenvalue weighted by molar-refractivity contribution is 5.86. The number of ether oxygens (including phenoxy) is 4. The third-order valence-corrected chi connectivity index (χ3v) is 6.83. The molecule has 0 bridgehead atoms. The van der Waals surface area contributed by atoms with Crippen LogP contribution in [0.3, 0.4) is 0 Å². The van der Waals surface area contributed by atoms with Gasteiger partial charge < -0.3 is 69.3 Å². The van der Waals surface area contributed by atoms with E-state index in [1.54, 1.807) is 0 Å². The van der Waals surface area contributed by atoms with E-state index in [4.69, 9.17) is 23.4 Å². The summed E-state index contributed by atoms with van der Waals surface area (Å²) in [6, 6.07) is 7.19. The van der Waals surface area contributed by atoms with Crippen molar-refractivity contribution in [3.63, 3.8) is 0 Å². The zero-order chi connectivity index (χ0) is 29.6. The van der Waals surface area contributed by atoms with Gasteiger partial charge in [-0.3, -0.25) is 4.79 Å². The number of benzene rings is 2. The van der Waals surface area contributed by atoms with E-state index in [1.165, 1.54) is 24.3 Å². The lowest BCUT2D eigenvalue weighted by molar-refractivity contribution is -0.277. The summed E-state index contributed by atoms with van der Waals surface area (Å²) in [5.74, 6) is -1.32. The molecule has 9 atom stereocenters. The first-order chi connectivity index (χ1) is 19.5. The fourth-order valence-electron chi connectivity index (χ4n) is 4.52. The van der Waals surface area contributed by atoms with Crippen LogP contribution in [0, 0.1) is 0 Å². The van der Waals surface area contributed by atoms with E-state index in [2.05, 4.69) is 0 Å². The molecule has 0 saturated carbocycles. The Labute approximate surface area is 230 Å². The molecule has 0 unspecified atom stereocenters. The molecular formula is C26H28O15. The Bertz CT molecular complexity index is 1450. The van der Waals surface area contributed by atoms with Crippen LogP contribution < -0.4 is 14.9 Å². The van der Waals surface area contributed by atoms with Crippen molar-refractivity contribution >= 4 is 11.0 Å². The van der Waals surface area contributed by atoms with Crippen LogP contribution >= 0.6 is 0 Å². The largest absolute Gasteiger partial charge is 0.507 e. The molecule has 5 rings (SSSR count). The standard InChI is InChI=1S/C26H28O15/c27-7-18-21(33)22(34)24(36)26(41-18)38-10-4-12(29)19-13(30)6-15(39-17(19)5-10)9-1-2-11(28)16(3-9)40-25-23(35)20(32)14(31)8-37-25/h1-6,14,18,20-29,31-36H,7-8H2/t14-,18-,20-,21-,22+,23-,24-,25-,26-/m1/s1. The molecule has 1 aromatic heterocycles. The highest BCUT2D eigenvalue weighted by atomic mass is 16.7. The summed E-state index contributed by atoms with van der Waals surface area (Å²) < 4.78 is 27.4. The number of hydrogen-bond donors (Lipinski definition) is 9. The first-order valence-corrected chi connectivity index (χ1v) is 12.4. The summed E-state index contributed by atoms with van der Waals surface area (Å²) in [5, 5.41) is 89.8. The van der Waals surface area contributed by atoms with Crippen molar-refractivity contribution < 1.29 is 69.3 Å². The Morgan fingerprint density at radius 3 is 2.27 bits per heavy atom. The van der Waals surface area contributed by atoms with Crippen molar-refractivity contribution in [1.82, 2.24) is 0 Å². The van der Waals surface area contributed by atoms with E-state index in [0.717, 1.165) is 12.1 Å². The topological polar surface area (TPSA) is 249 Å². The molecule has 3 aromatic rings. The van der Waals surface area contributed by atoms with E-state index >= 15 is 0 Å². The molecule has 15 heteroatoms. The molecule has 41 heavy (non-hydrogen) atoms. The van der Waals surface area contributed by atoms with Crippen molar-refractivity contribution in [2.75, 3.05) is 13.2 Å². The van der Waals surface area contributed by atoms with Gasteiger partial charge in [0.15, 0.2) is 16.9 Å². The smallest absolute Gasteiger partial charge is 0.229 e. The fourth-order valence-corrected chi connectivity index (χ4v) is 4.52. The van der Waals surface area contributed by atoms with Crippen molar-refractivity contribution in [3.8, 4) is 34.3 Å². The molecule has 3 heterocycles. The number of fused-ring (bicyclic) bond motifs is 1. The number of phenols is 2. The van der Waals surface area contributed by atoms with Crippen LogP contribution in [-0.4, -0.2) is 114 Å². The monoisotopic (exact) mass is 580 g/mol. The molecule has 0 aliphatic carbocycles. The molecule has 2 aromatic carbocycles. The van der Waals surface area contributed by atoms with Crippen LogP contribution in [0.25, 0.3) is 22.3 Å². The average Bonchev–Trinajstić information content (AvgIpc) is 2.94. The number of aliphatic hydroxyl groups excluding tert-OH is 7. The Kier molecular flexibility index (Phi) is 8.06. The lowest BCUT2D eigenvalue weighted by atomic mass is 9.99. The number of phenolic OH excluding ortho intramolecular Hbond substituents is 2. The summed E-state index contributed by atoms with van der Waals surface area (Å²) in [4.78, 5) is 12.9. The van der Waals surface area contributed by atoms with Crippen molar-refractivity contribution in [1.29, 1.82) is 0 Å². The molecule has 0 amide bonds. The quantitative estimate of drug-likeness (QED) is 0.151. The maximum Gasteiger partial charge on any atom is 0.229 e. The third-order valence-electron chi connectivity index (χ3n) is 6.83. The van der Waals surface area contributed by atoms with Gasteiger partial charge in [0.25, 0.3) is 0 Å². The molecule has 0 spiro atoms. The Morgan fingerprint density at radius 1 is 0.805 bits per heavy atom. The first kappa shape index (κ1) is 29.0. The highest BCUT2D eigenvalue weighted by Crippen LogP contribution is 2.36. The van der Waals surface area contributed by atoms with Gasteiger partial charge in [-0.2, -0.15) is 0 Å². The second-order valence-electron chi connectivity index (χ2n) is 9.66. The number of rotatable bonds is 6. The van der Waals surface area contributed by atoms with Crippen LogP contribution in [0.4, 0.5) is 0 Å². The average molecular weight is 580 g/mol. The lowest BCUT2D eigenvalue weighted by Gasteiger charge is -2.39. The number of hydrogen-bond acceptors (Lipinski definition) is 15. The van der Waals surface area contributed by atoms with Gasteiger partial charge in [-0.05, 0) is 18.2 Å². The van der Waals surface area contributed by atoms with Gasteiger partial charge in [0.2, 0.25) is 12.6 Å². The Hall–Kier alpha value is -3.51. The van der Waals surface area contributed by atoms with Gasteiger partial charge in [-0.15, -0.1) is 0 Å². The second kappa shape index (κ2) is 11.4. The van der Waals surface area contributed by atoms with E-state index in [9.17, 15) is 50.8 Å². The van der Waals surface area contributed by atoms with Crippen LogP contribution in [0.15, 0.2) is 45.6 Å². The summed E-state index contributed by atoms with van der Waals surface area (Å²) in [6.45, 7) is -1.02. The van der Waals surface area contributed by atoms with Crippen molar-refractivity contribution in [2.45, 2.75) is 55.3 Å². The normalized spacial score (nSPS) is 32.1. The van der Waals surface area contributed by atoms with Crippen LogP contribution in [-0.2, 0) is 9.47 Å². The summed E-state index contributed by atoms with van der Waals surface area (Å²) in [6.07, 6.45) is -13.8. The fraction of sp³-hybridized carbons (Fsp3) is 0.423. The van der Waals surface area contributed by atoms with Gasteiger partial charge in [-0.1, -0.05) is 0 Å². The van der Waals surface area contributed by atoms with E-state index in [0.29, 0.717) is 0 Å². The van der Waals surface area contributed by atoms with Gasteiger partial charge in [0.05, 0.1) is 13.2 Å². The van der Waals surface area contributed by atoms with E-state index < -0.39 is 73.1 Å². The molecule has 222 valence electrons. The maximum absolute atomic E-state index is 12.9. The van der Waals surface area contributed by atoms with E-state index in [1.807, 2.05) is 0 Å². The SMILES string of the molecule is O=c1cc(-c2ccc(O)c(O[C@H]3OC[C@@H](O)[C@@H](O)[C@H]3O)c2)oc2cc(O[C@@H]3O[C@H](CO)[C@@H](O)[C@H](O)[C@H]3O)cc(O)c12. The maximum atomic E-state index is 12.9. The van der Waals surface area contributed by atoms with Crippen LogP contribution in [0.5, 0.6) is 23.0 Å². The summed E-state index contributed by atoms with van der Waals surface area (Å²) >= 11 is 0. The zero-order valence-corrected chi connectivity index (χ0v) is 21.0. The second-order valence-corrected chi connectivity index (χ2v) is 9.66. The highest BCUT2D eigenvalue weighted by Gasteiger charge is 2.45. The molecule has 2 aliphatic rings. The molecule has 15 nitrogen and oxygen atoms in total. The van der Waals surface area contributed by atoms with Crippen LogP contribution in [0.1, 0.15) is 0 Å². The van der Waals surface area contributed by atoms with E-state index in [-0.39, 0.29) is 46.1 Å². The molecule has 0 radical (unpaired) electrons. The molecule has 9 N–H and O–H groups in total. The van der Waals surface area contributed by atoms with Gasteiger partial charge in [0, 0.05) is 23.8 Å². The minimum Gasteiger partial charge on any atom is -0.507 e. The first-order valence-electron chi connectivity index (χ1n) is 12.4. The third kappa shape index (κ3) is 5.54. The minimum absolute atomic E-state index is 0.0442. The predicted molar refractivity (Wildman–Crippen MR) is 134 cm³/mol. The van der Waals surface area contributed by atoms with Gasteiger partial charge in [0.1, 0.15) is 71.0 Å².